The molecule has 0 amide bonds. The number of benzene rings is 1. The molecule has 0 bridgehead atoms. The van der Waals surface area contributed by atoms with Crippen molar-refractivity contribution in [1.82, 2.24) is 19.7 Å². The van der Waals surface area contributed by atoms with E-state index in [9.17, 15) is 0 Å². The Balaban J connectivity index is 1.75. The number of hydrogen-bond donors (Lipinski definition) is 1. The molecule has 0 aliphatic carbocycles. The van der Waals surface area contributed by atoms with Gasteiger partial charge in [-0.15, -0.1) is 0 Å². The monoisotopic (exact) mass is 324 g/mol. The molecule has 0 aliphatic rings. The van der Waals surface area contributed by atoms with E-state index in [2.05, 4.69) is 20.4 Å². The quantitative estimate of drug-likeness (QED) is 0.780. The molecule has 2 heterocycles. The average Bonchev–Trinajstić information content (AvgIpc) is 3.08. The lowest BCUT2D eigenvalue weighted by molar-refractivity contribution is 0.680. The zero-order chi connectivity index (χ0) is 16.1. The van der Waals surface area contributed by atoms with E-state index >= 15 is 0 Å². The first-order valence-electron chi connectivity index (χ1n) is 6.95. The molecule has 0 saturated heterocycles. The van der Waals surface area contributed by atoms with Crippen molar-refractivity contribution >= 4 is 17.4 Å². The van der Waals surface area contributed by atoms with Gasteiger partial charge in [-0.3, -0.25) is 0 Å². The van der Waals surface area contributed by atoms with Crippen LogP contribution in [-0.4, -0.2) is 19.7 Å². The highest BCUT2D eigenvalue weighted by molar-refractivity contribution is 6.33. The first-order valence-corrected chi connectivity index (χ1v) is 7.33. The smallest absolute Gasteiger partial charge is 0.145 e. The predicted octanol–water partition coefficient (Wildman–Crippen LogP) is 2.86. The number of rotatable bonds is 5. The van der Waals surface area contributed by atoms with Crippen LogP contribution in [0.3, 0.4) is 0 Å². The van der Waals surface area contributed by atoms with E-state index in [1.165, 1.54) is 12.5 Å². The summed E-state index contributed by atoms with van der Waals surface area (Å²) in [6.07, 6.45) is 4.69. The molecular formula is C16H13ClN6. The van der Waals surface area contributed by atoms with E-state index < -0.39 is 0 Å². The van der Waals surface area contributed by atoms with E-state index in [1.807, 2.05) is 30.3 Å². The van der Waals surface area contributed by atoms with Gasteiger partial charge in [0, 0.05) is 12.7 Å². The van der Waals surface area contributed by atoms with Crippen LogP contribution in [0.4, 0.5) is 5.82 Å². The molecule has 6 nitrogen and oxygen atoms in total. The van der Waals surface area contributed by atoms with Crippen molar-refractivity contribution in [3.8, 4) is 6.07 Å². The van der Waals surface area contributed by atoms with Crippen molar-refractivity contribution in [1.29, 1.82) is 5.26 Å². The summed E-state index contributed by atoms with van der Waals surface area (Å²) in [5, 5.41) is 16.6. The third-order valence-electron chi connectivity index (χ3n) is 3.33. The lowest BCUT2D eigenvalue weighted by Gasteiger charge is -2.12. The molecule has 0 unspecified atom stereocenters. The Morgan fingerprint density at radius 3 is 2.78 bits per heavy atom. The fraction of sp³-hybridized carbons (Fsp3) is 0.125. The van der Waals surface area contributed by atoms with Crippen molar-refractivity contribution in [2.24, 2.45) is 0 Å². The SMILES string of the molecule is N#Cc1cnc(NCc2ccccc2Cn2cncn2)c(Cl)c1. The summed E-state index contributed by atoms with van der Waals surface area (Å²) in [6.45, 7) is 1.22. The molecule has 0 spiro atoms. The third-order valence-corrected chi connectivity index (χ3v) is 3.62. The fourth-order valence-corrected chi connectivity index (χ4v) is 2.41. The minimum atomic E-state index is 0.429. The van der Waals surface area contributed by atoms with Gasteiger partial charge < -0.3 is 5.32 Å². The number of anilines is 1. The van der Waals surface area contributed by atoms with Gasteiger partial charge in [-0.25, -0.2) is 14.6 Å². The van der Waals surface area contributed by atoms with Crippen molar-refractivity contribution in [3.63, 3.8) is 0 Å². The van der Waals surface area contributed by atoms with Gasteiger partial charge in [-0.05, 0) is 17.2 Å². The van der Waals surface area contributed by atoms with Gasteiger partial charge in [0.05, 0.1) is 17.1 Å². The maximum atomic E-state index is 8.84. The topological polar surface area (TPSA) is 79.4 Å². The molecule has 0 atom stereocenters. The largest absolute Gasteiger partial charge is 0.365 e. The highest BCUT2D eigenvalue weighted by Crippen LogP contribution is 2.21. The van der Waals surface area contributed by atoms with Crippen molar-refractivity contribution in [2.45, 2.75) is 13.1 Å². The molecule has 0 fully saturated rings. The Labute approximate surface area is 138 Å². The summed E-state index contributed by atoms with van der Waals surface area (Å²) in [4.78, 5) is 8.13. The van der Waals surface area contributed by atoms with Crippen LogP contribution >= 0.6 is 11.6 Å². The second-order valence-corrected chi connectivity index (χ2v) is 5.29. The second kappa shape index (κ2) is 6.90. The standard InChI is InChI=1S/C16H13ClN6/c17-15-5-12(6-18)7-20-16(15)21-8-13-3-1-2-4-14(13)9-23-11-19-10-22-23/h1-5,7,10-11H,8-9H2,(H,20,21). The van der Waals surface area contributed by atoms with Gasteiger partial charge in [-0.1, -0.05) is 35.9 Å². The zero-order valence-corrected chi connectivity index (χ0v) is 12.9. The number of aromatic nitrogens is 4. The van der Waals surface area contributed by atoms with Crippen LogP contribution < -0.4 is 5.32 Å². The molecule has 2 aromatic heterocycles. The van der Waals surface area contributed by atoms with E-state index in [0.717, 1.165) is 11.1 Å². The van der Waals surface area contributed by atoms with Crippen LogP contribution in [0.2, 0.25) is 5.02 Å². The molecule has 0 radical (unpaired) electrons. The number of halogens is 1. The number of nitrogens with zero attached hydrogens (tertiary/aromatic N) is 5. The molecule has 0 aliphatic heterocycles. The van der Waals surface area contributed by atoms with Gasteiger partial charge in [0.1, 0.15) is 24.5 Å². The molecule has 114 valence electrons. The first kappa shape index (κ1) is 15.0. The van der Waals surface area contributed by atoms with Crippen molar-refractivity contribution in [3.05, 3.63) is 70.9 Å². The summed E-state index contributed by atoms with van der Waals surface area (Å²) in [7, 11) is 0. The van der Waals surface area contributed by atoms with Crippen LogP contribution in [-0.2, 0) is 13.1 Å². The number of nitriles is 1. The van der Waals surface area contributed by atoms with E-state index in [4.69, 9.17) is 16.9 Å². The Morgan fingerprint density at radius 2 is 2.09 bits per heavy atom. The fourth-order valence-electron chi connectivity index (χ4n) is 2.18. The third kappa shape index (κ3) is 3.65. The van der Waals surface area contributed by atoms with Gasteiger partial charge in [0.15, 0.2) is 0 Å². The van der Waals surface area contributed by atoms with E-state index in [-0.39, 0.29) is 0 Å². The van der Waals surface area contributed by atoms with Crippen LogP contribution in [0.1, 0.15) is 16.7 Å². The normalized spacial score (nSPS) is 10.3. The summed E-state index contributed by atoms with van der Waals surface area (Å²) in [6, 6.07) is 11.7. The highest BCUT2D eigenvalue weighted by Gasteiger charge is 2.06. The number of nitrogens with one attached hydrogen (secondary N) is 1. The molecule has 1 N–H and O–H groups in total. The van der Waals surface area contributed by atoms with Crippen LogP contribution in [0.5, 0.6) is 0 Å². The molecule has 7 heteroatoms. The van der Waals surface area contributed by atoms with Crippen molar-refractivity contribution < 1.29 is 0 Å². The Kier molecular flexibility index (Phi) is 4.50. The summed E-state index contributed by atoms with van der Waals surface area (Å²) >= 11 is 6.13. The molecule has 3 rings (SSSR count). The summed E-state index contributed by atoms with van der Waals surface area (Å²) < 4.78 is 1.77. The van der Waals surface area contributed by atoms with Crippen molar-refractivity contribution in [2.75, 3.05) is 5.32 Å². The summed E-state index contributed by atoms with van der Waals surface area (Å²) in [5.74, 6) is 0.557. The first-order chi connectivity index (χ1) is 11.3. The second-order valence-electron chi connectivity index (χ2n) is 4.88. The Bertz CT molecular complexity index is 838. The minimum Gasteiger partial charge on any atom is -0.365 e. The number of pyridine rings is 1. The highest BCUT2D eigenvalue weighted by atomic mass is 35.5. The lowest BCUT2D eigenvalue weighted by Crippen LogP contribution is -2.08. The molecule has 3 aromatic rings. The maximum Gasteiger partial charge on any atom is 0.145 e. The van der Waals surface area contributed by atoms with E-state index in [1.54, 1.807) is 17.1 Å². The van der Waals surface area contributed by atoms with Gasteiger partial charge in [0.2, 0.25) is 0 Å². The Hall–Kier alpha value is -2.91. The minimum absolute atomic E-state index is 0.429. The van der Waals surface area contributed by atoms with Crippen LogP contribution in [0.25, 0.3) is 0 Å². The zero-order valence-electron chi connectivity index (χ0n) is 12.1. The Morgan fingerprint density at radius 1 is 1.26 bits per heavy atom. The summed E-state index contributed by atoms with van der Waals surface area (Å²) in [5.41, 5.74) is 2.69. The average molecular weight is 325 g/mol. The molecule has 1 aromatic carbocycles. The predicted molar refractivity (Wildman–Crippen MR) is 86.9 cm³/mol. The van der Waals surface area contributed by atoms with Gasteiger partial charge in [0.25, 0.3) is 0 Å². The molecular weight excluding hydrogens is 312 g/mol. The van der Waals surface area contributed by atoms with Gasteiger partial charge in [-0.2, -0.15) is 10.4 Å². The van der Waals surface area contributed by atoms with Crippen LogP contribution in [0, 0.1) is 11.3 Å². The van der Waals surface area contributed by atoms with Gasteiger partial charge >= 0.3 is 0 Å². The van der Waals surface area contributed by atoms with E-state index in [0.29, 0.717) is 29.5 Å². The number of hydrogen-bond acceptors (Lipinski definition) is 5. The molecule has 0 saturated carbocycles. The van der Waals surface area contributed by atoms with Crippen LogP contribution in [0.15, 0.2) is 49.2 Å². The molecule has 23 heavy (non-hydrogen) atoms. The lowest BCUT2D eigenvalue weighted by atomic mass is 10.1. The maximum absolute atomic E-state index is 8.84.